The predicted octanol–water partition coefficient (Wildman–Crippen LogP) is 3.29. The molecule has 1 aromatic carbocycles. The number of rotatable bonds is 9. The Hall–Kier alpha value is -2.73. The first-order valence-electron chi connectivity index (χ1n) is 8.48. The maximum atomic E-state index is 12.6. The molecule has 1 atom stereocenters. The standard InChI is InChI=1S/C18H23N3O5S/c1-4-12(3)27-7-6-20(5-2)18(24)14(11-19)8-13-9-15(21(25)26)17(23)16(22)10-13/h8-10,12,22-23H,4-7H2,1-3H3/b14-8+/t12-/m0/s1. The first-order valence-corrected chi connectivity index (χ1v) is 9.52. The van der Waals surface area contributed by atoms with Crippen molar-refractivity contribution in [3.63, 3.8) is 0 Å². The highest BCUT2D eigenvalue weighted by molar-refractivity contribution is 7.99. The highest BCUT2D eigenvalue weighted by atomic mass is 32.2. The maximum Gasteiger partial charge on any atom is 0.315 e. The van der Waals surface area contributed by atoms with Gasteiger partial charge in [0.2, 0.25) is 5.75 Å². The van der Waals surface area contributed by atoms with Crippen molar-refractivity contribution >= 4 is 29.4 Å². The van der Waals surface area contributed by atoms with Crippen molar-refractivity contribution in [1.29, 1.82) is 5.26 Å². The van der Waals surface area contributed by atoms with Crippen molar-refractivity contribution in [2.75, 3.05) is 18.8 Å². The van der Waals surface area contributed by atoms with Gasteiger partial charge >= 0.3 is 5.69 Å². The number of carbonyl (C=O) groups is 1. The van der Waals surface area contributed by atoms with Gasteiger partial charge in [-0.2, -0.15) is 17.0 Å². The molecule has 0 aromatic heterocycles. The molecule has 0 unspecified atom stereocenters. The molecule has 0 heterocycles. The number of phenolic OH excluding ortho intramolecular Hbond substituents is 2. The minimum absolute atomic E-state index is 0.0759. The highest BCUT2D eigenvalue weighted by Gasteiger charge is 2.21. The number of thioether (sulfide) groups is 1. The third kappa shape index (κ3) is 6.18. The van der Waals surface area contributed by atoms with Gasteiger partial charge in [0, 0.05) is 30.2 Å². The van der Waals surface area contributed by atoms with Crippen LogP contribution in [0.1, 0.15) is 32.8 Å². The van der Waals surface area contributed by atoms with E-state index in [1.807, 2.05) is 6.07 Å². The van der Waals surface area contributed by atoms with Gasteiger partial charge in [0.1, 0.15) is 11.6 Å². The molecule has 0 saturated carbocycles. The molecular formula is C18H23N3O5S. The van der Waals surface area contributed by atoms with Gasteiger partial charge in [-0.05, 0) is 31.1 Å². The van der Waals surface area contributed by atoms with E-state index >= 15 is 0 Å². The number of hydrogen-bond donors (Lipinski definition) is 2. The van der Waals surface area contributed by atoms with Crippen LogP contribution in [-0.4, -0.2) is 50.0 Å². The SMILES string of the molecule is CC[C@H](C)SCCN(CC)C(=O)/C(C#N)=C/c1cc(O)c(O)c([N+](=O)[O-])c1. The van der Waals surface area contributed by atoms with Crippen molar-refractivity contribution in [2.24, 2.45) is 0 Å². The van der Waals surface area contributed by atoms with Gasteiger partial charge in [-0.25, -0.2) is 0 Å². The molecule has 9 heteroatoms. The van der Waals surface area contributed by atoms with E-state index in [0.29, 0.717) is 18.3 Å². The molecular weight excluding hydrogens is 370 g/mol. The lowest BCUT2D eigenvalue weighted by Crippen LogP contribution is -2.33. The van der Waals surface area contributed by atoms with Crippen LogP contribution in [0.15, 0.2) is 17.7 Å². The number of nitro benzene ring substituents is 1. The summed E-state index contributed by atoms with van der Waals surface area (Å²) in [6.07, 6.45) is 2.19. The number of phenols is 2. The minimum atomic E-state index is -0.862. The zero-order chi connectivity index (χ0) is 20.6. The average Bonchev–Trinajstić information content (AvgIpc) is 2.64. The van der Waals surface area contributed by atoms with Crippen LogP contribution in [0.3, 0.4) is 0 Å². The molecule has 0 fully saturated rings. The average molecular weight is 393 g/mol. The number of likely N-dealkylation sites (N-methyl/N-ethyl adjacent to an activating group) is 1. The Kier molecular flexibility index (Phi) is 8.62. The Labute approximate surface area is 162 Å². The zero-order valence-corrected chi connectivity index (χ0v) is 16.3. The summed E-state index contributed by atoms with van der Waals surface area (Å²) in [5.74, 6) is -1.31. The Balaban J connectivity index is 3.06. The summed E-state index contributed by atoms with van der Waals surface area (Å²) in [5, 5.41) is 39.9. The smallest absolute Gasteiger partial charge is 0.315 e. The van der Waals surface area contributed by atoms with Crippen LogP contribution < -0.4 is 0 Å². The lowest BCUT2D eigenvalue weighted by Gasteiger charge is -2.21. The fourth-order valence-corrected chi connectivity index (χ4v) is 3.18. The van der Waals surface area contributed by atoms with Crippen LogP contribution in [0.2, 0.25) is 0 Å². The number of nitrogens with zero attached hydrogens (tertiary/aromatic N) is 3. The molecule has 8 nitrogen and oxygen atoms in total. The largest absolute Gasteiger partial charge is 0.504 e. The van der Waals surface area contributed by atoms with E-state index in [0.717, 1.165) is 24.3 Å². The summed E-state index contributed by atoms with van der Waals surface area (Å²) in [7, 11) is 0. The van der Waals surface area contributed by atoms with Gasteiger partial charge in [0.05, 0.1) is 4.92 Å². The molecule has 1 aromatic rings. The van der Waals surface area contributed by atoms with Gasteiger partial charge < -0.3 is 15.1 Å². The van der Waals surface area contributed by atoms with Crippen LogP contribution in [-0.2, 0) is 4.79 Å². The normalized spacial score (nSPS) is 12.3. The minimum Gasteiger partial charge on any atom is -0.504 e. The summed E-state index contributed by atoms with van der Waals surface area (Å²) in [6.45, 7) is 6.89. The number of nitriles is 1. The van der Waals surface area contributed by atoms with Crippen molar-refractivity contribution in [3.05, 3.63) is 33.4 Å². The topological polar surface area (TPSA) is 128 Å². The van der Waals surface area contributed by atoms with E-state index in [2.05, 4.69) is 13.8 Å². The lowest BCUT2D eigenvalue weighted by atomic mass is 10.1. The molecule has 2 N–H and O–H groups in total. The van der Waals surface area contributed by atoms with Crippen LogP contribution in [0.25, 0.3) is 6.08 Å². The predicted molar refractivity (Wildman–Crippen MR) is 104 cm³/mol. The Morgan fingerprint density at radius 2 is 2.11 bits per heavy atom. The molecule has 27 heavy (non-hydrogen) atoms. The molecule has 0 aliphatic rings. The first kappa shape index (κ1) is 22.3. The first-order chi connectivity index (χ1) is 12.7. The highest BCUT2D eigenvalue weighted by Crippen LogP contribution is 2.36. The lowest BCUT2D eigenvalue weighted by molar-refractivity contribution is -0.386. The van der Waals surface area contributed by atoms with Gasteiger partial charge in [-0.1, -0.05) is 13.8 Å². The summed E-state index contributed by atoms with van der Waals surface area (Å²) >= 11 is 1.74. The van der Waals surface area contributed by atoms with Gasteiger partial charge in [-0.15, -0.1) is 0 Å². The number of benzene rings is 1. The van der Waals surface area contributed by atoms with Gasteiger partial charge in [0.15, 0.2) is 5.75 Å². The van der Waals surface area contributed by atoms with Gasteiger partial charge in [-0.3, -0.25) is 14.9 Å². The molecule has 146 valence electrons. The molecule has 0 aliphatic carbocycles. The van der Waals surface area contributed by atoms with Crippen molar-refractivity contribution in [3.8, 4) is 17.6 Å². The number of aromatic hydroxyl groups is 2. The fourth-order valence-electron chi connectivity index (χ4n) is 2.21. The van der Waals surface area contributed by atoms with Crippen LogP contribution in [0.4, 0.5) is 5.69 Å². The van der Waals surface area contributed by atoms with Crippen LogP contribution in [0.5, 0.6) is 11.5 Å². The molecule has 0 radical (unpaired) electrons. The zero-order valence-electron chi connectivity index (χ0n) is 15.5. The van der Waals surface area contributed by atoms with E-state index in [4.69, 9.17) is 0 Å². The summed E-state index contributed by atoms with van der Waals surface area (Å²) in [5.41, 5.74) is -0.833. The second-order valence-electron chi connectivity index (χ2n) is 5.81. The van der Waals surface area contributed by atoms with E-state index in [-0.39, 0.29) is 11.1 Å². The van der Waals surface area contributed by atoms with Crippen LogP contribution in [0, 0.1) is 21.4 Å². The Bertz CT molecular complexity index is 773. The van der Waals surface area contributed by atoms with E-state index in [9.17, 15) is 30.4 Å². The van der Waals surface area contributed by atoms with E-state index < -0.39 is 28.0 Å². The Morgan fingerprint density at radius 3 is 2.63 bits per heavy atom. The van der Waals surface area contributed by atoms with Crippen molar-refractivity contribution in [1.82, 2.24) is 4.90 Å². The molecule has 0 saturated heterocycles. The molecule has 0 bridgehead atoms. The summed E-state index contributed by atoms with van der Waals surface area (Å²) in [4.78, 5) is 24.2. The molecule has 0 aliphatic heterocycles. The molecule has 0 spiro atoms. The van der Waals surface area contributed by atoms with E-state index in [1.165, 1.54) is 11.0 Å². The number of carbonyl (C=O) groups excluding carboxylic acids is 1. The van der Waals surface area contributed by atoms with E-state index in [1.54, 1.807) is 18.7 Å². The second-order valence-corrected chi connectivity index (χ2v) is 7.36. The fraction of sp³-hybridized carbons (Fsp3) is 0.444. The summed E-state index contributed by atoms with van der Waals surface area (Å²) < 4.78 is 0. The van der Waals surface area contributed by atoms with Gasteiger partial charge in [0.25, 0.3) is 5.91 Å². The molecule has 1 amide bonds. The molecule has 1 rings (SSSR count). The van der Waals surface area contributed by atoms with Crippen molar-refractivity contribution < 1.29 is 19.9 Å². The monoisotopic (exact) mass is 393 g/mol. The van der Waals surface area contributed by atoms with Crippen molar-refractivity contribution in [2.45, 2.75) is 32.4 Å². The third-order valence-corrected chi connectivity index (χ3v) is 5.28. The van der Waals surface area contributed by atoms with Crippen LogP contribution >= 0.6 is 11.8 Å². The number of hydrogen-bond acceptors (Lipinski definition) is 7. The number of nitro groups is 1. The summed E-state index contributed by atoms with van der Waals surface area (Å²) in [6, 6.07) is 3.86. The Morgan fingerprint density at radius 1 is 1.44 bits per heavy atom. The quantitative estimate of drug-likeness (QED) is 0.217. The second kappa shape index (κ2) is 10.4. The maximum absolute atomic E-state index is 12.6. The third-order valence-electron chi connectivity index (χ3n) is 3.96. The number of amides is 1.